The lowest BCUT2D eigenvalue weighted by atomic mass is 10.1. The summed E-state index contributed by atoms with van der Waals surface area (Å²) in [5.74, 6) is 0.832. The Hall–Kier alpha value is -1.80. The number of aromatic nitrogens is 1. The number of halogens is 2. The molecule has 0 bridgehead atoms. The van der Waals surface area contributed by atoms with Gasteiger partial charge in [0.2, 0.25) is 0 Å². The van der Waals surface area contributed by atoms with Crippen molar-refractivity contribution >= 4 is 49.5 Å². The van der Waals surface area contributed by atoms with Crippen LogP contribution in [-0.4, -0.2) is 38.9 Å². The SMILES string of the molecule is COc1cccc(Cc2csc(N3CCC(S(=O)(=O)c4ccc(Cl)c(Cl)c4)CC3)n2)c1. The minimum Gasteiger partial charge on any atom is -0.497 e. The summed E-state index contributed by atoms with van der Waals surface area (Å²) in [5.41, 5.74) is 2.14. The van der Waals surface area contributed by atoms with Gasteiger partial charge in [0.25, 0.3) is 0 Å². The van der Waals surface area contributed by atoms with Gasteiger partial charge in [-0.25, -0.2) is 13.4 Å². The summed E-state index contributed by atoms with van der Waals surface area (Å²) < 4.78 is 31.3. The second-order valence-electron chi connectivity index (χ2n) is 7.46. The highest BCUT2D eigenvalue weighted by atomic mass is 35.5. The molecule has 0 unspecified atom stereocenters. The molecule has 0 amide bonds. The fourth-order valence-corrected chi connectivity index (χ4v) is 6.72. The molecule has 0 N–H and O–H groups in total. The minimum absolute atomic E-state index is 0.232. The summed E-state index contributed by atoms with van der Waals surface area (Å²) >= 11 is 13.5. The summed E-state index contributed by atoms with van der Waals surface area (Å²) in [6.07, 6.45) is 1.83. The van der Waals surface area contributed by atoms with Gasteiger partial charge in [0.1, 0.15) is 5.75 Å². The van der Waals surface area contributed by atoms with E-state index in [1.807, 2.05) is 18.2 Å². The van der Waals surface area contributed by atoms with E-state index in [-0.39, 0.29) is 9.92 Å². The first kappa shape index (κ1) is 22.4. The van der Waals surface area contributed by atoms with Crippen LogP contribution in [0.2, 0.25) is 10.0 Å². The number of hydrogen-bond acceptors (Lipinski definition) is 6. The lowest BCUT2D eigenvalue weighted by Gasteiger charge is -2.31. The molecule has 1 fully saturated rings. The first-order valence-corrected chi connectivity index (χ1v) is 13.1. The Labute approximate surface area is 196 Å². The first-order valence-electron chi connectivity index (χ1n) is 9.88. The van der Waals surface area contributed by atoms with Crippen molar-refractivity contribution in [3.05, 3.63) is 69.1 Å². The van der Waals surface area contributed by atoms with Crippen LogP contribution in [0.1, 0.15) is 24.1 Å². The highest BCUT2D eigenvalue weighted by Crippen LogP contribution is 2.32. The van der Waals surface area contributed by atoms with Crippen LogP contribution in [0.3, 0.4) is 0 Å². The maximum absolute atomic E-state index is 13.0. The van der Waals surface area contributed by atoms with Crippen LogP contribution >= 0.6 is 34.5 Å². The maximum Gasteiger partial charge on any atom is 0.185 e. The number of rotatable bonds is 6. The molecule has 0 aliphatic carbocycles. The second kappa shape index (κ2) is 9.36. The molecular weight excluding hydrogens is 475 g/mol. The van der Waals surface area contributed by atoms with Crippen molar-refractivity contribution < 1.29 is 13.2 Å². The molecule has 3 aromatic rings. The predicted octanol–water partition coefficient (Wildman–Crippen LogP) is 5.49. The summed E-state index contributed by atoms with van der Waals surface area (Å²) in [7, 11) is -1.79. The van der Waals surface area contributed by atoms with Gasteiger partial charge >= 0.3 is 0 Å². The van der Waals surface area contributed by atoms with E-state index in [4.69, 9.17) is 32.9 Å². The van der Waals surface area contributed by atoms with E-state index in [0.29, 0.717) is 31.0 Å². The zero-order valence-corrected chi connectivity index (χ0v) is 20.1. The average molecular weight is 497 g/mol. The van der Waals surface area contributed by atoms with Crippen molar-refractivity contribution in [3.63, 3.8) is 0 Å². The average Bonchev–Trinajstić information content (AvgIpc) is 3.24. The van der Waals surface area contributed by atoms with Crippen molar-refractivity contribution in [1.82, 2.24) is 4.98 Å². The Kier molecular flexibility index (Phi) is 6.77. The minimum atomic E-state index is -3.45. The number of methoxy groups -OCH3 is 1. The smallest absolute Gasteiger partial charge is 0.185 e. The van der Waals surface area contributed by atoms with Gasteiger partial charge in [-0.3, -0.25) is 0 Å². The maximum atomic E-state index is 13.0. The van der Waals surface area contributed by atoms with Gasteiger partial charge in [-0.15, -0.1) is 11.3 Å². The van der Waals surface area contributed by atoms with Crippen molar-refractivity contribution in [1.29, 1.82) is 0 Å². The molecule has 1 aromatic heterocycles. The number of hydrogen-bond donors (Lipinski definition) is 0. The van der Waals surface area contributed by atoms with Gasteiger partial charge in [-0.05, 0) is 48.7 Å². The second-order valence-corrected chi connectivity index (χ2v) is 11.3. The fraction of sp³-hybridized carbons (Fsp3) is 0.318. The Morgan fingerprint density at radius 3 is 2.61 bits per heavy atom. The molecule has 2 aromatic carbocycles. The van der Waals surface area contributed by atoms with E-state index in [9.17, 15) is 8.42 Å². The topological polar surface area (TPSA) is 59.5 Å². The van der Waals surface area contributed by atoms with Crippen LogP contribution < -0.4 is 9.64 Å². The molecule has 0 radical (unpaired) electrons. The van der Waals surface area contributed by atoms with Crippen LogP contribution in [0, 0.1) is 0 Å². The van der Waals surface area contributed by atoms with Crippen LogP contribution in [0.5, 0.6) is 5.75 Å². The standard InChI is InChI=1S/C22H22Cl2N2O3S2/c1-29-17-4-2-3-15(12-17)11-16-14-30-22(25-16)26-9-7-18(8-10-26)31(27,28)19-5-6-20(23)21(24)13-19/h2-6,12-14,18H,7-11H2,1H3. The van der Waals surface area contributed by atoms with Crippen molar-refractivity contribution in [2.24, 2.45) is 0 Å². The third kappa shape index (κ3) is 5.00. The van der Waals surface area contributed by atoms with Crippen LogP contribution in [0.25, 0.3) is 0 Å². The number of nitrogens with zero attached hydrogens (tertiary/aromatic N) is 2. The number of piperidine rings is 1. The van der Waals surface area contributed by atoms with E-state index >= 15 is 0 Å². The Bertz CT molecular complexity index is 1170. The lowest BCUT2D eigenvalue weighted by molar-refractivity contribution is 0.414. The molecule has 0 saturated carbocycles. The Balaban J connectivity index is 1.40. The summed E-state index contributed by atoms with van der Waals surface area (Å²) in [6, 6.07) is 12.5. The van der Waals surface area contributed by atoms with Crippen LogP contribution in [0.15, 0.2) is 52.7 Å². The largest absolute Gasteiger partial charge is 0.497 e. The van der Waals surface area contributed by atoms with Gasteiger partial charge in [0.15, 0.2) is 15.0 Å². The zero-order valence-electron chi connectivity index (χ0n) is 16.9. The molecular formula is C22H22Cl2N2O3S2. The quantitative estimate of drug-likeness (QED) is 0.451. The summed E-state index contributed by atoms with van der Waals surface area (Å²) in [5, 5.41) is 3.17. The van der Waals surface area contributed by atoms with Gasteiger partial charge in [0.05, 0.1) is 33.0 Å². The van der Waals surface area contributed by atoms with Gasteiger partial charge in [0, 0.05) is 24.9 Å². The van der Waals surface area contributed by atoms with E-state index in [2.05, 4.69) is 16.3 Å². The molecule has 9 heteroatoms. The van der Waals surface area contributed by atoms with Gasteiger partial charge in [-0.1, -0.05) is 35.3 Å². The third-order valence-corrected chi connectivity index (χ3v) is 9.38. The Morgan fingerprint density at radius 1 is 1.13 bits per heavy atom. The van der Waals surface area contributed by atoms with Crippen LogP contribution in [0.4, 0.5) is 5.13 Å². The van der Waals surface area contributed by atoms with Gasteiger partial charge < -0.3 is 9.64 Å². The number of sulfone groups is 1. The molecule has 0 spiro atoms. The molecule has 5 nitrogen and oxygen atoms in total. The number of anilines is 1. The van der Waals surface area contributed by atoms with Crippen molar-refractivity contribution in [2.75, 3.05) is 25.1 Å². The lowest BCUT2D eigenvalue weighted by Crippen LogP contribution is -2.39. The van der Waals surface area contributed by atoms with E-state index < -0.39 is 15.1 Å². The molecule has 2 heterocycles. The highest BCUT2D eigenvalue weighted by molar-refractivity contribution is 7.92. The highest BCUT2D eigenvalue weighted by Gasteiger charge is 2.32. The first-order chi connectivity index (χ1) is 14.9. The number of benzene rings is 2. The molecule has 4 rings (SSSR count). The normalized spacial score (nSPS) is 15.3. The van der Waals surface area contributed by atoms with E-state index in [1.54, 1.807) is 18.4 Å². The third-order valence-electron chi connectivity index (χ3n) is 5.43. The molecule has 0 atom stereocenters. The number of ether oxygens (including phenoxy) is 1. The fourth-order valence-electron chi connectivity index (χ4n) is 3.72. The molecule has 31 heavy (non-hydrogen) atoms. The van der Waals surface area contributed by atoms with E-state index in [0.717, 1.165) is 28.6 Å². The summed E-state index contributed by atoms with van der Waals surface area (Å²) in [4.78, 5) is 7.17. The van der Waals surface area contributed by atoms with Crippen molar-refractivity contribution in [3.8, 4) is 5.75 Å². The van der Waals surface area contributed by atoms with Crippen molar-refractivity contribution in [2.45, 2.75) is 29.4 Å². The summed E-state index contributed by atoms with van der Waals surface area (Å²) in [6.45, 7) is 1.30. The van der Waals surface area contributed by atoms with Gasteiger partial charge in [-0.2, -0.15) is 0 Å². The van der Waals surface area contributed by atoms with E-state index in [1.165, 1.54) is 18.2 Å². The predicted molar refractivity (Wildman–Crippen MR) is 127 cm³/mol. The molecule has 1 saturated heterocycles. The zero-order chi connectivity index (χ0) is 22.0. The Morgan fingerprint density at radius 2 is 1.90 bits per heavy atom. The molecule has 164 valence electrons. The molecule has 1 aliphatic rings. The monoisotopic (exact) mass is 496 g/mol. The number of thiazole rings is 1. The van der Waals surface area contributed by atoms with Crippen LogP contribution in [-0.2, 0) is 16.3 Å². The molecule has 1 aliphatic heterocycles.